The first-order valence-electron chi connectivity index (χ1n) is 8.99. The fourth-order valence-electron chi connectivity index (χ4n) is 3.99. The van der Waals surface area contributed by atoms with E-state index in [1.54, 1.807) is 6.33 Å². The highest BCUT2D eigenvalue weighted by Crippen LogP contribution is 2.36. The Morgan fingerprint density at radius 2 is 1.63 bits per heavy atom. The Labute approximate surface area is 163 Å². The SMILES string of the molecule is Cl.OC1(c2ccccc2)CCN(c2ncnc3c2[nH]c2ccccc23)CC1. The van der Waals surface area contributed by atoms with Crippen molar-refractivity contribution in [1.29, 1.82) is 0 Å². The molecule has 0 radical (unpaired) electrons. The molecule has 0 amide bonds. The molecule has 1 aliphatic heterocycles. The van der Waals surface area contributed by atoms with Crippen LogP contribution in [0.4, 0.5) is 5.82 Å². The number of hydrogen-bond acceptors (Lipinski definition) is 4. The second kappa shape index (κ2) is 6.83. The van der Waals surface area contributed by atoms with Crippen LogP contribution in [0.3, 0.4) is 0 Å². The molecule has 1 fully saturated rings. The van der Waals surface area contributed by atoms with E-state index < -0.39 is 5.60 Å². The van der Waals surface area contributed by atoms with Crippen LogP contribution in [-0.2, 0) is 5.60 Å². The number of nitrogens with zero attached hydrogens (tertiary/aromatic N) is 3. The van der Waals surface area contributed by atoms with Gasteiger partial charge >= 0.3 is 0 Å². The highest BCUT2D eigenvalue weighted by atomic mass is 35.5. The molecule has 3 heterocycles. The molecule has 0 saturated carbocycles. The quantitative estimate of drug-likeness (QED) is 0.551. The third kappa shape index (κ3) is 2.93. The van der Waals surface area contributed by atoms with Crippen molar-refractivity contribution in [2.24, 2.45) is 0 Å². The van der Waals surface area contributed by atoms with Crippen molar-refractivity contribution in [3.8, 4) is 0 Å². The maximum absolute atomic E-state index is 11.1. The lowest BCUT2D eigenvalue weighted by Crippen LogP contribution is -2.43. The first-order valence-corrected chi connectivity index (χ1v) is 8.99. The van der Waals surface area contributed by atoms with Gasteiger partial charge in [0.1, 0.15) is 17.4 Å². The molecule has 2 aromatic carbocycles. The van der Waals surface area contributed by atoms with Gasteiger partial charge in [0, 0.05) is 24.0 Å². The van der Waals surface area contributed by atoms with Crippen molar-refractivity contribution in [1.82, 2.24) is 15.0 Å². The number of halogens is 1. The van der Waals surface area contributed by atoms with E-state index in [4.69, 9.17) is 0 Å². The van der Waals surface area contributed by atoms with Gasteiger partial charge in [-0.3, -0.25) is 0 Å². The lowest BCUT2D eigenvalue weighted by molar-refractivity contribution is 0.0117. The molecule has 1 aliphatic rings. The van der Waals surface area contributed by atoms with Gasteiger partial charge in [0.2, 0.25) is 0 Å². The summed E-state index contributed by atoms with van der Waals surface area (Å²) in [5.74, 6) is 0.918. The van der Waals surface area contributed by atoms with Gasteiger partial charge in [0.15, 0.2) is 5.82 Å². The van der Waals surface area contributed by atoms with Crippen LogP contribution in [0.1, 0.15) is 18.4 Å². The predicted octanol–water partition coefficient (Wildman–Crippen LogP) is 4.02. The van der Waals surface area contributed by atoms with E-state index in [1.807, 2.05) is 42.5 Å². The number of fused-ring (bicyclic) bond motifs is 3. The summed E-state index contributed by atoms with van der Waals surface area (Å²) in [4.78, 5) is 14.7. The molecule has 5 rings (SSSR count). The molecule has 0 aliphatic carbocycles. The third-order valence-corrected chi connectivity index (χ3v) is 5.47. The molecule has 138 valence electrons. The maximum atomic E-state index is 11.1. The molecule has 0 unspecified atom stereocenters. The van der Waals surface area contributed by atoms with Gasteiger partial charge in [0.25, 0.3) is 0 Å². The zero-order valence-corrected chi connectivity index (χ0v) is 15.6. The number of rotatable bonds is 2. The summed E-state index contributed by atoms with van der Waals surface area (Å²) in [5.41, 5.74) is 3.23. The standard InChI is InChI=1S/C21H20N4O.ClH/c26-21(15-6-2-1-3-7-15)10-12-25(13-11-21)20-19-18(22-14-23-20)16-8-4-5-9-17(16)24-19;/h1-9,14,24,26H,10-13H2;1H. The zero-order chi connectivity index (χ0) is 17.6. The number of para-hydroxylation sites is 1. The Bertz CT molecular complexity index is 1070. The van der Waals surface area contributed by atoms with Gasteiger partial charge in [-0.05, 0) is 24.5 Å². The fraction of sp³-hybridized carbons (Fsp3) is 0.238. The van der Waals surface area contributed by atoms with E-state index in [0.29, 0.717) is 12.8 Å². The van der Waals surface area contributed by atoms with Gasteiger partial charge in [0.05, 0.1) is 5.60 Å². The summed E-state index contributed by atoms with van der Waals surface area (Å²) < 4.78 is 0. The highest BCUT2D eigenvalue weighted by Gasteiger charge is 2.34. The van der Waals surface area contributed by atoms with Crippen LogP contribution in [0.15, 0.2) is 60.9 Å². The fourth-order valence-corrected chi connectivity index (χ4v) is 3.99. The van der Waals surface area contributed by atoms with Crippen molar-refractivity contribution >= 4 is 40.2 Å². The Morgan fingerprint density at radius 3 is 2.41 bits per heavy atom. The van der Waals surface area contributed by atoms with Crippen molar-refractivity contribution in [3.63, 3.8) is 0 Å². The van der Waals surface area contributed by atoms with Gasteiger partial charge in [-0.2, -0.15) is 0 Å². The molecule has 5 nitrogen and oxygen atoms in total. The van der Waals surface area contributed by atoms with Gasteiger partial charge in [-0.1, -0.05) is 48.5 Å². The normalized spacial score (nSPS) is 16.4. The van der Waals surface area contributed by atoms with Gasteiger partial charge < -0.3 is 15.0 Å². The number of aliphatic hydroxyl groups is 1. The van der Waals surface area contributed by atoms with E-state index in [9.17, 15) is 5.11 Å². The molecular formula is C21H21ClN4O. The summed E-state index contributed by atoms with van der Waals surface area (Å²) in [6.07, 6.45) is 3.00. The number of nitrogens with one attached hydrogen (secondary N) is 1. The summed E-state index contributed by atoms with van der Waals surface area (Å²) in [5, 5.41) is 12.2. The van der Waals surface area contributed by atoms with E-state index in [1.165, 1.54) is 0 Å². The van der Waals surface area contributed by atoms with Crippen LogP contribution >= 0.6 is 12.4 Å². The number of hydrogen-bond donors (Lipinski definition) is 2. The average Bonchev–Trinajstić information content (AvgIpc) is 3.08. The van der Waals surface area contributed by atoms with Crippen molar-refractivity contribution in [3.05, 3.63) is 66.5 Å². The minimum absolute atomic E-state index is 0. The summed E-state index contributed by atoms with van der Waals surface area (Å²) >= 11 is 0. The lowest BCUT2D eigenvalue weighted by atomic mass is 9.84. The molecule has 0 spiro atoms. The minimum atomic E-state index is -0.760. The van der Waals surface area contributed by atoms with Crippen LogP contribution in [-0.4, -0.2) is 33.1 Å². The Kier molecular flexibility index (Phi) is 4.50. The molecule has 6 heteroatoms. The highest BCUT2D eigenvalue weighted by molar-refractivity contribution is 6.08. The number of aromatic nitrogens is 3. The summed E-state index contributed by atoms with van der Waals surface area (Å²) in [6.45, 7) is 1.51. The lowest BCUT2D eigenvalue weighted by Gasteiger charge is -2.39. The number of piperidine rings is 1. The smallest absolute Gasteiger partial charge is 0.156 e. The van der Waals surface area contributed by atoms with E-state index >= 15 is 0 Å². The number of aromatic amines is 1. The number of anilines is 1. The van der Waals surface area contributed by atoms with Crippen LogP contribution in [0, 0.1) is 0 Å². The monoisotopic (exact) mass is 380 g/mol. The first-order chi connectivity index (χ1) is 12.7. The number of H-pyrrole nitrogens is 1. The van der Waals surface area contributed by atoms with E-state index in [-0.39, 0.29) is 12.4 Å². The van der Waals surface area contributed by atoms with Crippen LogP contribution in [0.2, 0.25) is 0 Å². The third-order valence-electron chi connectivity index (χ3n) is 5.47. The maximum Gasteiger partial charge on any atom is 0.156 e. The van der Waals surface area contributed by atoms with Crippen molar-refractivity contribution in [2.45, 2.75) is 18.4 Å². The Morgan fingerprint density at radius 1 is 0.926 bits per heavy atom. The molecule has 1 saturated heterocycles. The van der Waals surface area contributed by atoms with Gasteiger partial charge in [-0.25, -0.2) is 9.97 Å². The zero-order valence-electron chi connectivity index (χ0n) is 14.8. The molecule has 27 heavy (non-hydrogen) atoms. The molecular weight excluding hydrogens is 360 g/mol. The number of benzene rings is 2. The van der Waals surface area contributed by atoms with Crippen molar-refractivity contribution in [2.75, 3.05) is 18.0 Å². The molecule has 2 aromatic heterocycles. The second-order valence-corrected chi connectivity index (χ2v) is 6.98. The average molecular weight is 381 g/mol. The van der Waals surface area contributed by atoms with Gasteiger partial charge in [-0.15, -0.1) is 12.4 Å². The molecule has 0 bridgehead atoms. The summed E-state index contributed by atoms with van der Waals surface area (Å²) in [6, 6.07) is 18.2. The van der Waals surface area contributed by atoms with Crippen molar-refractivity contribution < 1.29 is 5.11 Å². The first kappa shape index (κ1) is 17.8. The van der Waals surface area contributed by atoms with Crippen LogP contribution < -0.4 is 4.90 Å². The van der Waals surface area contributed by atoms with E-state index in [2.05, 4.69) is 32.0 Å². The Hall–Kier alpha value is -2.63. The molecule has 0 atom stereocenters. The Balaban J connectivity index is 0.00000180. The summed E-state index contributed by atoms with van der Waals surface area (Å²) in [7, 11) is 0. The second-order valence-electron chi connectivity index (χ2n) is 6.98. The van der Waals surface area contributed by atoms with Crippen LogP contribution in [0.5, 0.6) is 0 Å². The molecule has 2 N–H and O–H groups in total. The van der Waals surface area contributed by atoms with Crippen LogP contribution in [0.25, 0.3) is 21.9 Å². The predicted molar refractivity (Wildman–Crippen MR) is 110 cm³/mol. The minimum Gasteiger partial charge on any atom is -0.385 e. The van der Waals surface area contributed by atoms with E-state index in [0.717, 1.165) is 46.4 Å². The molecule has 4 aromatic rings. The largest absolute Gasteiger partial charge is 0.385 e. The topological polar surface area (TPSA) is 65.0 Å².